The van der Waals surface area contributed by atoms with E-state index in [2.05, 4.69) is 33.2 Å². The summed E-state index contributed by atoms with van der Waals surface area (Å²) in [6.07, 6.45) is 1.03. The first kappa shape index (κ1) is 22.6. The number of hydrogen-bond donors (Lipinski definition) is 1. The molecule has 1 unspecified atom stereocenters. The van der Waals surface area contributed by atoms with Crippen LogP contribution >= 0.6 is 27.7 Å². The zero-order chi connectivity index (χ0) is 22.7. The molecule has 0 bridgehead atoms. The minimum absolute atomic E-state index is 0.0158. The van der Waals surface area contributed by atoms with E-state index in [1.54, 1.807) is 23.4 Å². The molecule has 32 heavy (non-hydrogen) atoms. The number of benzene rings is 2. The third-order valence-electron chi connectivity index (χ3n) is 5.15. The molecule has 1 aliphatic rings. The third-order valence-corrected chi connectivity index (χ3v) is 6.69. The zero-order valence-corrected chi connectivity index (χ0v) is 20.7. The Balaban J connectivity index is 1.78. The van der Waals surface area contributed by atoms with Gasteiger partial charge in [0.1, 0.15) is 18.4 Å². The van der Waals surface area contributed by atoms with Gasteiger partial charge in [-0.3, -0.25) is 4.79 Å². The molecule has 0 fully saturated rings. The quantitative estimate of drug-likeness (QED) is 0.373. The summed E-state index contributed by atoms with van der Waals surface area (Å²) >= 11 is 5.20. The number of nitrogens with zero attached hydrogens (tertiary/aromatic N) is 3. The number of carbonyl (C=O) groups is 1. The summed E-state index contributed by atoms with van der Waals surface area (Å²) in [5, 5.41) is 8.71. The number of hydrogen-bond acceptors (Lipinski definition) is 6. The number of ether oxygens (including phenoxy) is 1. The van der Waals surface area contributed by atoms with E-state index < -0.39 is 6.04 Å². The highest BCUT2D eigenvalue weighted by Crippen LogP contribution is 2.41. The van der Waals surface area contributed by atoms with Crippen molar-refractivity contribution in [3.8, 4) is 5.75 Å². The minimum atomic E-state index is -0.435. The topological polar surface area (TPSA) is 69.0 Å². The normalized spacial score (nSPS) is 15.3. The largest absolute Gasteiger partial charge is 0.489 e. The summed E-state index contributed by atoms with van der Waals surface area (Å²) in [7, 11) is 0. The molecule has 6 nitrogen and oxygen atoms in total. The number of anilines is 1. The average molecular weight is 513 g/mol. The van der Waals surface area contributed by atoms with E-state index in [0.29, 0.717) is 29.0 Å². The summed E-state index contributed by atoms with van der Waals surface area (Å²) in [5.41, 5.74) is 3.37. The number of carbonyl (C=O) groups excluding carboxylic acids is 1. The fourth-order valence-electron chi connectivity index (χ4n) is 3.73. The first-order valence-corrected chi connectivity index (χ1v) is 12.3. The summed E-state index contributed by atoms with van der Waals surface area (Å²) < 4.78 is 8.95. The van der Waals surface area contributed by atoms with Gasteiger partial charge in [0.2, 0.25) is 11.1 Å². The Hall–Kier alpha value is -2.58. The van der Waals surface area contributed by atoms with Crippen molar-refractivity contribution in [2.45, 2.75) is 45.0 Å². The lowest BCUT2D eigenvalue weighted by Gasteiger charge is -2.29. The van der Waals surface area contributed by atoms with Crippen molar-refractivity contribution in [3.63, 3.8) is 0 Å². The number of rotatable bonds is 8. The van der Waals surface area contributed by atoms with Gasteiger partial charge in [-0.1, -0.05) is 64.9 Å². The van der Waals surface area contributed by atoms with Crippen LogP contribution in [0.25, 0.3) is 0 Å². The van der Waals surface area contributed by atoms with Gasteiger partial charge in [-0.25, -0.2) is 4.68 Å². The van der Waals surface area contributed by atoms with Crippen molar-refractivity contribution in [2.75, 3.05) is 11.1 Å². The van der Waals surface area contributed by atoms with Gasteiger partial charge in [-0.05, 0) is 44.0 Å². The molecule has 1 N–H and O–H groups in total. The van der Waals surface area contributed by atoms with Crippen molar-refractivity contribution in [1.82, 2.24) is 14.8 Å². The van der Waals surface area contributed by atoms with E-state index in [1.165, 1.54) is 0 Å². The number of thioether (sulfide) groups is 1. The molecule has 2 heterocycles. The Kier molecular flexibility index (Phi) is 7.01. The van der Waals surface area contributed by atoms with Crippen LogP contribution in [0.5, 0.6) is 5.75 Å². The highest BCUT2D eigenvalue weighted by Gasteiger charge is 2.34. The van der Waals surface area contributed by atoms with Gasteiger partial charge in [-0.2, -0.15) is 4.98 Å². The van der Waals surface area contributed by atoms with E-state index in [9.17, 15) is 4.79 Å². The molecule has 1 aliphatic heterocycles. The monoisotopic (exact) mass is 512 g/mol. The van der Waals surface area contributed by atoms with Crippen molar-refractivity contribution in [2.24, 2.45) is 0 Å². The molecular weight excluding hydrogens is 488 g/mol. The number of Topliss-reactive ketones (excluding diaryl/α,β-unsaturated/α-hetero) is 1. The second-order valence-corrected chi connectivity index (χ2v) is 9.57. The fourth-order valence-corrected chi connectivity index (χ4v) is 4.79. The lowest BCUT2D eigenvalue weighted by atomic mass is 9.92. The fraction of sp³-hybridized carbons (Fsp3) is 0.292. The van der Waals surface area contributed by atoms with E-state index >= 15 is 0 Å². The van der Waals surface area contributed by atoms with Crippen molar-refractivity contribution < 1.29 is 9.53 Å². The highest BCUT2D eigenvalue weighted by molar-refractivity contribution is 9.10. The Morgan fingerprint density at radius 1 is 1.25 bits per heavy atom. The Bertz CT molecular complexity index is 1160. The van der Waals surface area contributed by atoms with Gasteiger partial charge in [0.25, 0.3) is 0 Å². The van der Waals surface area contributed by atoms with Crippen LogP contribution in [0.1, 0.15) is 44.4 Å². The van der Waals surface area contributed by atoms with Crippen LogP contribution in [-0.4, -0.2) is 26.3 Å². The second kappa shape index (κ2) is 9.92. The molecule has 3 aromatic rings. The first-order chi connectivity index (χ1) is 15.5. The Morgan fingerprint density at radius 2 is 2.03 bits per heavy atom. The predicted octanol–water partition coefficient (Wildman–Crippen LogP) is 6.00. The standard InChI is InChI=1S/C24H25BrN4O2S/c1-4-12-32-24-27-23-26-15(2)21(16(3)30)22(29(23)28-24)19-13-18(25)10-11-20(19)31-14-17-8-6-5-7-9-17/h5-11,13,22H,4,12,14H2,1-3H3,(H,26,27,28). The molecule has 0 saturated heterocycles. The van der Waals surface area contributed by atoms with E-state index in [0.717, 1.165) is 33.5 Å². The molecule has 0 amide bonds. The summed E-state index contributed by atoms with van der Waals surface area (Å²) in [6.45, 7) is 6.05. The van der Waals surface area contributed by atoms with Crippen LogP contribution < -0.4 is 10.1 Å². The van der Waals surface area contributed by atoms with Crippen LogP contribution in [0.15, 0.2) is 69.4 Å². The van der Waals surface area contributed by atoms with E-state index in [1.807, 2.05) is 55.5 Å². The van der Waals surface area contributed by atoms with Crippen molar-refractivity contribution in [3.05, 3.63) is 75.4 Å². The van der Waals surface area contributed by atoms with E-state index in [-0.39, 0.29) is 5.78 Å². The average Bonchev–Trinajstić information content (AvgIpc) is 3.18. The zero-order valence-electron chi connectivity index (χ0n) is 18.3. The smallest absolute Gasteiger partial charge is 0.227 e. The van der Waals surface area contributed by atoms with Gasteiger partial charge < -0.3 is 10.1 Å². The van der Waals surface area contributed by atoms with Crippen molar-refractivity contribution >= 4 is 39.4 Å². The number of fused-ring (bicyclic) bond motifs is 1. The summed E-state index contributed by atoms with van der Waals surface area (Å²) in [4.78, 5) is 17.4. The molecule has 0 saturated carbocycles. The van der Waals surface area contributed by atoms with Gasteiger partial charge >= 0.3 is 0 Å². The maximum absolute atomic E-state index is 12.7. The molecule has 2 aromatic carbocycles. The molecule has 0 aliphatic carbocycles. The maximum atomic E-state index is 12.7. The highest BCUT2D eigenvalue weighted by atomic mass is 79.9. The molecule has 0 spiro atoms. The van der Waals surface area contributed by atoms with Crippen LogP contribution in [0.2, 0.25) is 0 Å². The predicted molar refractivity (Wildman–Crippen MR) is 131 cm³/mol. The molecule has 0 radical (unpaired) electrons. The minimum Gasteiger partial charge on any atom is -0.489 e. The van der Waals surface area contributed by atoms with Gasteiger partial charge in [-0.15, -0.1) is 5.10 Å². The number of halogens is 1. The van der Waals surface area contributed by atoms with Crippen LogP contribution in [0, 0.1) is 0 Å². The Labute approximate surface area is 200 Å². The Morgan fingerprint density at radius 3 is 2.75 bits per heavy atom. The SMILES string of the molecule is CCCSc1nc2n(n1)C(c1cc(Br)ccc1OCc1ccccc1)C(C(C)=O)=C(C)N2. The third kappa shape index (κ3) is 4.76. The lowest BCUT2D eigenvalue weighted by Crippen LogP contribution is -2.28. The molecular formula is C24H25BrN4O2S. The second-order valence-electron chi connectivity index (χ2n) is 7.59. The summed E-state index contributed by atoms with van der Waals surface area (Å²) in [5.74, 6) is 2.25. The van der Waals surface area contributed by atoms with Crippen LogP contribution in [-0.2, 0) is 11.4 Å². The first-order valence-electron chi connectivity index (χ1n) is 10.5. The number of ketones is 1. The van der Waals surface area contributed by atoms with Crippen molar-refractivity contribution in [1.29, 1.82) is 0 Å². The van der Waals surface area contributed by atoms with Gasteiger partial charge in [0.15, 0.2) is 5.78 Å². The van der Waals surface area contributed by atoms with Gasteiger partial charge in [0, 0.05) is 27.1 Å². The molecule has 1 aromatic heterocycles. The van der Waals surface area contributed by atoms with Crippen LogP contribution in [0.4, 0.5) is 5.95 Å². The molecule has 4 rings (SSSR count). The number of nitrogens with one attached hydrogen (secondary N) is 1. The molecule has 166 valence electrons. The van der Waals surface area contributed by atoms with Gasteiger partial charge in [0.05, 0.1) is 0 Å². The molecule has 8 heteroatoms. The number of allylic oxidation sites excluding steroid dienone is 2. The van der Waals surface area contributed by atoms with E-state index in [4.69, 9.17) is 9.84 Å². The van der Waals surface area contributed by atoms with Crippen LogP contribution in [0.3, 0.4) is 0 Å². The number of aromatic nitrogens is 3. The summed E-state index contributed by atoms with van der Waals surface area (Å²) in [6, 6.07) is 15.5. The maximum Gasteiger partial charge on any atom is 0.227 e. The lowest BCUT2D eigenvalue weighted by molar-refractivity contribution is -0.114. The molecule has 1 atom stereocenters.